The average Bonchev–Trinajstić information content (AvgIpc) is 2.91. The van der Waals surface area contributed by atoms with Crippen molar-refractivity contribution in [3.05, 3.63) is 0 Å². The molecule has 1 unspecified atom stereocenters. The number of methoxy groups -OCH3 is 1. The fraction of sp³-hybridized carbons (Fsp3) is 1.00. The van der Waals surface area contributed by atoms with E-state index < -0.39 is 0 Å². The molecule has 2 fully saturated rings. The number of ether oxygens (including phenoxy) is 3. The van der Waals surface area contributed by atoms with Gasteiger partial charge in [0, 0.05) is 33.4 Å². The minimum absolute atomic E-state index is 0.450. The van der Waals surface area contributed by atoms with E-state index in [0.29, 0.717) is 12.7 Å². The van der Waals surface area contributed by atoms with Gasteiger partial charge in [0.05, 0.1) is 19.3 Å². The summed E-state index contributed by atoms with van der Waals surface area (Å²) in [6.45, 7) is 7.01. The standard InChI is InChI=1S/C14H27NO3/c1-16-10-11-18-14-3-7-15(8-4-14)6-2-13-5-9-17-12-13/h13-14H,2-12H2,1H3. The number of nitrogens with zero attached hydrogens (tertiary/aromatic N) is 1. The van der Waals surface area contributed by atoms with Crippen LogP contribution in [0.15, 0.2) is 0 Å². The fourth-order valence-electron chi connectivity index (χ4n) is 2.77. The van der Waals surface area contributed by atoms with E-state index in [-0.39, 0.29) is 0 Å². The molecule has 2 heterocycles. The van der Waals surface area contributed by atoms with Crippen LogP contribution in [-0.2, 0) is 14.2 Å². The molecule has 0 aromatic carbocycles. The largest absolute Gasteiger partial charge is 0.382 e. The minimum Gasteiger partial charge on any atom is -0.382 e. The van der Waals surface area contributed by atoms with Crippen LogP contribution in [0, 0.1) is 5.92 Å². The fourth-order valence-corrected chi connectivity index (χ4v) is 2.77. The summed E-state index contributed by atoms with van der Waals surface area (Å²) < 4.78 is 16.2. The van der Waals surface area contributed by atoms with E-state index in [2.05, 4.69) is 4.90 Å². The van der Waals surface area contributed by atoms with Gasteiger partial charge in [0.1, 0.15) is 0 Å². The molecule has 4 heteroatoms. The van der Waals surface area contributed by atoms with Crippen LogP contribution in [-0.4, -0.2) is 64.2 Å². The maximum Gasteiger partial charge on any atom is 0.0704 e. The Hall–Kier alpha value is -0.160. The van der Waals surface area contributed by atoms with E-state index >= 15 is 0 Å². The molecule has 2 saturated heterocycles. The highest BCUT2D eigenvalue weighted by Gasteiger charge is 2.21. The molecule has 0 radical (unpaired) electrons. The van der Waals surface area contributed by atoms with Gasteiger partial charge in [0.15, 0.2) is 0 Å². The summed E-state index contributed by atoms with van der Waals surface area (Å²) in [5.41, 5.74) is 0. The van der Waals surface area contributed by atoms with Crippen LogP contribution in [0.3, 0.4) is 0 Å². The molecule has 0 saturated carbocycles. The van der Waals surface area contributed by atoms with Gasteiger partial charge in [-0.1, -0.05) is 0 Å². The van der Waals surface area contributed by atoms with Gasteiger partial charge in [0.25, 0.3) is 0 Å². The Morgan fingerprint density at radius 2 is 2.00 bits per heavy atom. The van der Waals surface area contributed by atoms with Crippen LogP contribution in [0.4, 0.5) is 0 Å². The van der Waals surface area contributed by atoms with Crippen molar-refractivity contribution < 1.29 is 14.2 Å². The molecule has 1 atom stereocenters. The lowest BCUT2D eigenvalue weighted by molar-refractivity contribution is -0.0152. The van der Waals surface area contributed by atoms with Crippen molar-refractivity contribution in [2.24, 2.45) is 5.92 Å². The third-order valence-electron chi connectivity index (χ3n) is 4.05. The summed E-state index contributed by atoms with van der Waals surface area (Å²) in [5, 5.41) is 0. The Morgan fingerprint density at radius 1 is 1.17 bits per heavy atom. The van der Waals surface area contributed by atoms with E-state index in [1.165, 1.54) is 45.3 Å². The second-order valence-corrected chi connectivity index (χ2v) is 5.42. The molecule has 2 aliphatic rings. The molecule has 0 aliphatic carbocycles. The van der Waals surface area contributed by atoms with Crippen LogP contribution in [0.25, 0.3) is 0 Å². The summed E-state index contributed by atoms with van der Waals surface area (Å²) >= 11 is 0. The predicted molar refractivity (Wildman–Crippen MR) is 70.8 cm³/mol. The first kappa shape index (κ1) is 14.3. The van der Waals surface area contributed by atoms with Gasteiger partial charge in [-0.3, -0.25) is 0 Å². The molecule has 0 N–H and O–H groups in total. The molecule has 0 bridgehead atoms. The van der Waals surface area contributed by atoms with E-state index in [1.54, 1.807) is 7.11 Å². The Bertz CT molecular complexity index is 211. The molecule has 0 spiro atoms. The quantitative estimate of drug-likeness (QED) is 0.647. The maximum atomic E-state index is 5.78. The molecule has 2 rings (SSSR count). The SMILES string of the molecule is COCCOC1CCN(CCC2CCOC2)CC1. The van der Waals surface area contributed by atoms with Gasteiger partial charge in [-0.15, -0.1) is 0 Å². The molecule has 18 heavy (non-hydrogen) atoms. The Labute approximate surface area is 111 Å². The van der Waals surface area contributed by atoms with Crippen LogP contribution >= 0.6 is 0 Å². The van der Waals surface area contributed by atoms with Gasteiger partial charge < -0.3 is 19.1 Å². The number of rotatable bonds is 7. The maximum absolute atomic E-state index is 5.78. The molecular weight excluding hydrogens is 230 g/mol. The zero-order chi connectivity index (χ0) is 12.6. The smallest absolute Gasteiger partial charge is 0.0704 e. The number of likely N-dealkylation sites (tertiary alicyclic amines) is 1. The van der Waals surface area contributed by atoms with E-state index in [9.17, 15) is 0 Å². The topological polar surface area (TPSA) is 30.9 Å². The molecule has 0 aromatic heterocycles. The normalized spacial score (nSPS) is 26.8. The van der Waals surface area contributed by atoms with Crippen LogP contribution in [0.5, 0.6) is 0 Å². The van der Waals surface area contributed by atoms with E-state index in [4.69, 9.17) is 14.2 Å². The first-order valence-corrected chi connectivity index (χ1v) is 7.29. The Morgan fingerprint density at radius 3 is 2.67 bits per heavy atom. The monoisotopic (exact) mass is 257 g/mol. The molecule has 0 amide bonds. The number of hydrogen-bond donors (Lipinski definition) is 0. The lowest BCUT2D eigenvalue weighted by atomic mass is 10.0. The van der Waals surface area contributed by atoms with Crippen molar-refractivity contribution in [2.75, 3.05) is 53.2 Å². The highest BCUT2D eigenvalue weighted by molar-refractivity contribution is 4.74. The van der Waals surface area contributed by atoms with E-state index in [0.717, 1.165) is 25.7 Å². The first-order chi connectivity index (χ1) is 8.88. The lowest BCUT2D eigenvalue weighted by Crippen LogP contribution is -2.38. The second-order valence-electron chi connectivity index (χ2n) is 5.42. The van der Waals surface area contributed by atoms with Crippen LogP contribution < -0.4 is 0 Å². The molecular formula is C14H27NO3. The molecule has 2 aliphatic heterocycles. The summed E-state index contributed by atoms with van der Waals surface area (Å²) in [6.07, 6.45) is 5.35. The summed E-state index contributed by atoms with van der Waals surface area (Å²) in [4.78, 5) is 2.58. The van der Waals surface area contributed by atoms with Crippen LogP contribution in [0.2, 0.25) is 0 Å². The van der Waals surface area contributed by atoms with Crippen molar-refractivity contribution in [3.63, 3.8) is 0 Å². The summed E-state index contributed by atoms with van der Waals surface area (Å²) in [6, 6.07) is 0. The number of piperidine rings is 1. The van der Waals surface area contributed by atoms with Gasteiger partial charge >= 0.3 is 0 Å². The zero-order valence-electron chi connectivity index (χ0n) is 11.6. The van der Waals surface area contributed by atoms with Crippen LogP contribution in [0.1, 0.15) is 25.7 Å². The van der Waals surface area contributed by atoms with Crippen molar-refractivity contribution in [3.8, 4) is 0 Å². The zero-order valence-corrected chi connectivity index (χ0v) is 11.6. The molecule has 106 valence electrons. The van der Waals surface area contributed by atoms with Gasteiger partial charge in [0.2, 0.25) is 0 Å². The average molecular weight is 257 g/mol. The predicted octanol–water partition coefficient (Wildman–Crippen LogP) is 1.54. The van der Waals surface area contributed by atoms with Gasteiger partial charge in [-0.25, -0.2) is 0 Å². The molecule has 4 nitrogen and oxygen atoms in total. The van der Waals surface area contributed by atoms with Gasteiger partial charge in [-0.05, 0) is 38.1 Å². The minimum atomic E-state index is 0.450. The van der Waals surface area contributed by atoms with Gasteiger partial charge in [-0.2, -0.15) is 0 Å². The summed E-state index contributed by atoms with van der Waals surface area (Å²) in [5.74, 6) is 0.806. The summed E-state index contributed by atoms with van der Waals surface area (Å²) in [7, 11) is 1.72. The first-order valence-electron chi connectivity index (χ1n) is 7.29. The lowest BCUT2D eigenvalue weighted by Gasteiger charge is -2.32. The highest BCUT2D eigenvalue weighted by Crippen LogP contribution is 2.19. The van der Waals surface area contributed by atoms with Crippen molar-refractivity contribution in [2.45, 2.75) is 31.8 Å². The Balaban J connectivity index is 1.52. The van der Waals surface area contributed by atoms with Crippen molar-refractivity contribution in [1.82, 2.24) is 4.90 Å². The van der Waals surface area contributed by atoms with E-state index in [1.807, 2.05) is 0 Å². The second kappa shape index (κ2) is 8.10. The Kier molecular flexibility index (Phi) is 6.41. The van der Waals surface area contributed by atoms with Crippen molar-refractivity contribution in [1.29, 1.82) is 0 Å². The highest BCUT2D eigenvalue weighted by atomic mass is 16.5. The number of hydrogen-bond acceptors (Lipinski definition) is 4. The van der Waals surface area contributed by atoms with Crippen molar-refractivity contribution >= 4 is 0 Å². The molecule has 0 aromatic rings. The third kappa shape index (κ3) is 4.84. The third-order valence-corrected chi connectivity index (χ3v) is 4.05.